The lowest BCUT2D eigenvalue weighted by molar-refractivity contribution is 0.0696. The topological polar surface area (TPSA) is 80.9 Å². The molecule has 0 amide bonds. The standard InChI is InChI=1S/C28H17BrN4O2/c29-22-9-5-4-8-21(22)24-13-10-17-14-18(11-12-23(17)31-24)26-32-25-15-19(28(34)35)16-30-27(25)33(26)20-6-2-1-3-7-20/h1-16H,(H,34,35). The first kappa shape index (κ1) is 21.2. The third-order valence-electron chi connectivity index (χ3n) is 5.86. The van der Waals surface area contributed by atoms with Crippen LogP contribution in [0.4, 0.5) is 0 Å². The monoisotopic (exact) mass is 520 g/mol. The average molecular weight is 521 g/mol. The number of carboxylic acids is 1. The van der Waals surface area contributed by atoms with Crippen LogP contribution in [0.2, 0.25) is 0 Å². The van der Waals surface area contributed by atoms with Crippen molar-refractivity contribution in [3.8, 4) is 28.3 Å². The van der Waals surface area contributed by atoms with Gasteiger partial charge in [0.25, 0.3) is 0 Å². The van der Waals surface area contributed by atoms with Crippen molar-refractivity contribution in [2.75, 3.05) is 0 Å². The summed E-state index contributed by atoms with van der Waals surface area (Å²) in [6, 6.07) is 29.4. The molecule has 3 heterocycles. The summed E-state index contributed by atoms with van der Waals surface area (Å²) in [5.41, 5.74) is 5.78. The zero-order valence-corrected chi connectivity index (χ0v) is 19.8. The predicted octanol–water partition coefficient (Wildman–Crippen LogP) is 6.76. The van der Waals surface area contributed by atoms with Gasteiger partial charge in [-0.2, -0.15) is 0 Å². The molecule has 168 valence electrons. The Bertz CT molecular complexity index is 1750. The van der Waals surface area contributed by atoms with Gasteiger partial charge in [-0.05, 0) is 48.5 Å². The predicted molar refractivity (Wildman–Crippen MR) is 140 cm³/mol. The average Bonchev–Trinajstić information content (AvgIpc) is 3.28. The van der Waals surface area contributed by atoms with Gasteiger partial charge in [0.1, 0.15) is 11.3 Å². The maximum Gasteiger partial charge on any atom is 0.337 e. The van der Waals surface area contributed by atoms with Crippen LogP contribution in [0.1, 0.15) is 10.4 Å². The zero-order chi connectivity index (χ0) is 23.9. The lowest BCUT2D eigenvalue weighted by atomic mass is 10.1. The molecule has 0 bridgehead atoms. The smallest absolute Gasteiger partial charge is 0.337 e. The summed E-state index contributed by atoms with van der Waals surface area (Å²) in [5, 5.41) is 10.4. The molecule has 1 N–H and O–H groups in total. The number of imidazole rings is 1. The summed E-state index contributed by atoms with van der Waals surface area (Å²) in [6.45, 7) is 0. The minimum Gasteiger partial charge on any atom is -0.478 e. The molecule has 6 aromatic rings. The Morgan fingerprint density at radius 1 is 0.829 bits per heavy atom. The highest BCUT2D eigenvalue weighted by molar-refractivity contribution is 9.10. The van der Waals surface area contributed by atoms with E-state index in [9.17, 15) is 9.90 Å². The second-order valence-electron chi connectivity index (χ2n) is 8.06. The second kappa shape index (κ2) is 8.45. The molecule has 0 unspecified atom stereocenters. The molecule has 35 heavy (non-hydrogen) atoms. The van der Waals surface area contributed by atoms with Crippen molar-refractivity contribution >= 4 is 44.0 Å². The van der Waals surface area contributed by atoms with Crippen LogP contribution in [0.3, 0.4) is 0 Å². The van der Waals surface area contributed by atoms with E-state index in [1.165, 1.54) is 6.20 Å². The van der Waals surface area contributed by atoms with Crippen molar-refractivity contribution in [1.82, 2.24) is 19.5 Å². The van der Waals surface area contributed by atoms with Gasteiger partial charge in [0.05, 0.1) is 16.8 Å². The van der Waals surface area contributed by atoms with Crippen molar-refractivity contribution in [2.24, 2.45) is 0 Å². The Kier molecular flexibility index (Phi) is 5.12. The van der Waals surface area contributed by atoms with Crippen LogP contribution in [0.25, 0.3) is 50.4 Å². The number of halogens is 1. The summed E-state index contributed by atoms with van der Waals surface area (Å²) in [5.74, 6) is -0.356. The minimum atomic E-state index is -1.03. The fourth-order valence-electron chi connectivity index (χ4n) is 4.18. The molecule has 6 nitrogen and oxygen atoms in total. The van der Waals surface area contributed by atoms with Crippen molar-refractivity contribution in [3.05, 3.63) is 107 Å². The van der Waals surface area contributed by atoms with E-state index in [-0.39, 0.29) is 5.56 Å². The number of hydrogen-bond donors (Lipinski definition) is 1. The molecule has 3 aromatic heterocycles. The number of rotatable bonds is 4. The number of carboxylic acid groups (broad SMARTS) is 1. The number of para-hydroxylation sites is 1. The number of aromatic nitrogens is 4. The van der Waals surface area contributed by atoms with E-state index in [1.54, 1.807) is 6.07 Å². The van der Waals surface area contributed by atoms with Gasteiger partial charge in [0, 0.05) is 32.9 Å². The van der Waals surface area contributed by atoms with Crippen LogP contribution in [0.15, 0.2) is 102 Å². The molecule has 0 fully saturated rings. The van der Waals surface area contributed by atoms with E-state index in [0.717, 1.165) is 37.9 Å². The van der Waals surface area contributed by atoms with E-state index in [0.29, 0.717) is 17.0 Å². The minimum absolute atomic E-state index is 0.101. The summed E-state index contributed by atoms with van der Waals surface area (Å²) in [7, 11) is 0. The molecule has 6 rings (SSSR count). The molecule has 3 aromatic carbocycles. The molecule has 0 saturated carbocycles. The van der Waals surface area contributed by atoms with Gasteiger partial charge in [-0.3, -0.25) is 4.57 Å². The molecule has 0 aliphatic heterocycles. The number of benzene rings is 3. The number of pyridine rings is 2. The van der Waals surface area contributed by atoms with Crippen molar-refractivity contribution in [2.45, 2.75) is 0 Å². The maximum absolute atomic E-state index is 11.5. The highest BCUT2D eigenvalue weighted by Crippen LogP contribution is 2.32. The van der Waals surface area contributed by atoms with Gasteiger partial charge in [-0.25, -0.2) is 19.7 Å². The molecule has 0 atom stereocenters. The number of aromatic carboxylic acids is 1. The van der Waals surface area contributed by atoms with Gasteiger partial charge in [0.15, 0.2) is 5.65 Å². The fraction of sp³-hybridized carbons (Fsp3) is 0. The molecule has 0 aliphatic rings. The SMILES string of the molecule is O=C(O)c1cnc2c(c1)nc(-c1ccc3nc(-c4ccccc4Br)ccc3c1)n2-c1ccccc1. The third-order valence-corrected chi connectivity index (χ3v) is 6.55. The third kappa shape index (κ3) is 3.76. The first-order chi connectivity index (χ1) is 17.1. The van der Waals surface area contributed by atoms with Gasteiger partial charge < -0.3 is 5.11 Å². The van der Waals surface area contributed by atoms with Crippen LogP contribution in [0, 0.1) is 0 Å². The number of fused-ring (bicyclic) bond motifs is 2. The molecular formula is C28H17BrN4O2. The molecule has 0 saturated heterocycles. The van der Waals surface area contributed by atoms with Gasteiger partial charge in [0.2, 0.25) is 0 Å². The molecule has 0 radical (unpaired) electrons. The summed E-state index contributed by atoms with van der Waals surface area (Å²) < 4.78 is 2.94. The Labute approximate surface area is 208 Å². The highest BCUT2D eigenvalue weighted by atomic mass is 79.9. The Balaban J connectivity index is 1.53. The second-order valence-corrected chi connectivity index (χ2v) is 8.92. The van der Waals surface area contributed by atoms with Crippen molar-refractivity contribution < 1.29 is 9.90 Å². The van der Waals surface area contributed by atoms with E-state index < -0.39 is 5.97 Å². The fourth-order valence-corrected chi connectivity index (χ4v) is 4.67. The number of nitrogens with zero attached hydrogens (tertiary/aromatic N) is 4. The quantitative estimate of drug-likeness (QED) is 0.277. The summed E-state index contributed by atoms with van der Waals surface area (Å²) in [4.78, 5) is 25.6. The van der Waals surface area contributed by atoms with Crippen LogP contribution in [-0.4, -0.2) is 30.6 Å². The zero-order valence-electron chi connectivity index (χ0n) is 18.3. The summed E-state index contributed by atoms with van der Waals surface area (Å²) >= 11 is 3.61. The molecular weight excluding hydrogens is 504 g/mol. The maximum atomic E-state index is 11.5. The van der Waals surface area contributed by atoms with E-state index in [2.05, 4.69) is 27.0 Å². The number of carbonyl (C=O) groups is 1. The Hall–Kier alpha value is -4.36. The van der Waals surface area contributed by atoms with E-state index in [4.69, 9.17) is 9.97 Å². The largest absolute Gasteiger partial charge is 0.478 e. The highest BCUT2D eigenvalue weighted by Gasteiger charge is 2.18. The summed E-state index contributed by atoms with van der Waals surface area (Å²) in [6.07, 6.45) is 1.36. The van der Waals surface area contributed by atoms with Gasteiger partial charge in [-0.1, -0.05) is 58.4 Å². The normalized spacial score (nSPS) is 11.2. The van der Waals surface area contributed by atoms with E-state index >= 15 is 0 Å². The lowest BCUT2D eigenvalue weighted by Gasteiger charge is -2.10. The Morgan fingerprint density at radius 3 is 2.43 bits per heavy atom. The van der Waals surface area contributed by atoms with Crippen LogP contribution >= 0.6 is 15.9 Å². The first-order valence-electron chi connectivity index (χ1n) is 10.9. The number of hydrogen-bond acceptors (Lipinski definition) is 4. The van der Waals surface area contributed by atoms with Crippen molar-refractivity contribution in [3.63, 3.8) is 0 Å². The molecule has 7 heteroatoms. The van der Waals surface area contributed by atoms with Crippen LogP contribution < -0.4 is 0 Å². The van der Waals surface area contributed by atoms with Crippen LogP contribution in [-0.2, 0) is 0 Å². The van der Waals surface area contributed by atoms with Gasteiger partial charge >= 0.3 is 5.97 Å². The van der Waals surface area contributed by atoms with E-state index in [1.807, 2.05) is 83.4 Å². The molecule has 0 aliphatic carbocycles. The lowest BCUT2D eigenvalue weighted by Crippen LogP contribution is -2.00. The van der Waals surface area contributed by atoms with Crippen molar-refractivity contribution in [1.29, 1.82) is 0 Å². The molecule has 0 spiro atoms. The Morgan fingerprint density at radius 2 is 1.63 bits per heavy atom. The first-order valence-corrected chi connectivity index (χ1v) is 11.7. The van der Waals surface area contributed by atoms with Gasteiger partial charge in [-0.15, -0.1) is 0 Å². The van der Waals surface area contributed by atoms with Crippen LogP contribution in [0.5, 0.6) is 0 Å².